The molecule has 0 radical (unpaired) electrons. The average molecular weight is 366 g/mol. The van der Waals surface area contributed by atoms with Crippen LogP contribution in [-0.4, -0.2) is 39.3 Å². The van der Waals surface area contributed by atoms with Gasteiger partial charge in [-0.1, -0.05) is 36.4 Å². The van der Waals surface area contributed by atoms with Crippen molar-refractivity contribution in [3.63, 3.8) is 0 Å². The maximum atomic E-state index is 12.5. The molecule has 8 heteroatoms. The van der Waals surface area contributed by atoms with Gasteiger partial charge in [-0.2, -0.15) is 0 Å². The number of hydrogen-bond donors (Lipinski definition) is 3. The zero-order valence-corrected chi connectivity index (χ0v) is 14.2. The van der Waals surface area contributed by atoms with Crippen LogP contribution < -0.4 is 10.0 Å². The van der Waals surface area contributed by atoms with Gasteiger partial charge in [0.15, 0.2) is 0 Å². The van der Waals surface area contributed by atoms with Gasteiger partial charge in [-0.3, -0.25) is 4.79 Å². The summed E-state index contributed by atoms with van der Waals surface area (Å²) < 4.78 is 39.7. The quantitative estimate of drug-likeness (QED) is 0.658. The van der Waals surface area contributed by atoms with E-state index < -0.39 is 35.3 Å². The summed E-state index contributed by atoms with van der Waals surface area (Å²) in [7, 11) is -3.96. The molecule has 0 unspecified atom stereocenters. The van der Waals surface area contributed by atoms with Gasteiger partial charge in [0.05, 0.1) is 17.5 Å². The first-order chi connectivity index (χ1) is 12.0. The molecule has 0 fully saturated rings. The number of aliphatic hydroxyl groups excluding tert-OH is 1. The number of carbonyl (C=O) groups excluding carboxylic acids is 1. The van der Waals surface area contributed by atoms with Crippen molar-refractivity contribution in [2.45, 2.75) is 10.9 Å². The lowest BCUT2D eigenvalue weighted by molar-refractivity contribution is 0.0950. The summed E-state index contributed by atoms with van der Waals surface area (Å²) in [5.41, 5.74) is 0.724. The van der Waals surface area contributed by atoms with E-state index in [1.165, 1.54) is 24.3 Å². The van der Waals surface area contributed by atoms with E-state index in [0.29, 0.717) is 5.56 Å². The summed E-state index contributed by atoms with van der Waals surface area (Å²) >= 11 is 0. The number of nitrogens with one attached hydrogen (secondary N) is 2. The second kappa shape index (κ2) is 8.70. The van der Waals surface area contributed by atoms with E-state index in [9.17, 15) is 22.7 Å². The number of sulfonamides is 1. The zero-order chi connectivity index (χ0) is 18.3. The second-order valence-electron chi connectivity index (χ2n) is 5.24. The highest BCUT2D eigenvalue weighted by molar-refractivity contribution is 7.89. The fourth-order valence-corrected chi connectivity index (χ4v) is 3.48. The summed E-state index contributed by atoms with van der Waals surface area (Å²) in [6.07, 6.45) is 0. The third-order valence-electron chi connectivity index (χ3n) is 3.47. The molecular weight excluding hydrogens is 347 g/mol. The molecule has 1 atom stereocenters. The van der Waals surface area contributed by atoms with Gasteiger partial charge >= 0.3 is 0 Å². The van der Waals surface area contributed by atoms with Crippen molar-refractivity contribution >= 4 is 15.9 Å². The highest BCUT2D eigenvalue weighted by atomic mass is 32.2. The minimum absolute atomic E-state index is 0.108. The van der Waals surface area contributed by atoms with Gasteiger partial charge in [-0.15, -0.1) is 0 Å². The van der Waals surface area contributed by atoms with Gasteiger partial charge in [0.25, 0.3) is 5.91 Å². The van der Waals surface area contributed by atoms with Gasteiger partial charge in [-0.25, -0.2) is 17.5 Å². The maximum absolute atomic E-state index is 12.5. The van der Waals surface area contributed by atoms with Crippen LogP contribution in [0.2, 0.25) is 0 Å². The Hall–Kier alpha value is -2.29. The first-order valence-corrected chi connectivity index (χ1v) is 9.08. The molecule has 2 aromatic carbocycles. The first-order valence-electron chi connectivity index (χ1n) is 7.60. The van der Waals surface area contributed by atoms with Crippen LogP contribution in [0.5, 0.6) is 0 Å². The fraction of sp³-hybridized carbons (Fsp3) is 0.235. The number of carbonyl (C=O) groups is 1. The molecule has 2 aromatic rings. The second-order valence-corrected chi connectivity index (χ2v) is 6.95. The summed E-state index contributed by atoms with van der Waals surface area (Å²) in [5.74, 6) is -0.559. The van der Waals surface area contributed by atoms with E-state index in [1.54, 1.807) is 30.3 Å². The predicted octanol–water partition coefficient (Wildman–Crippen LogP) is 1.40. The van der Waals surface area contributed by atoms with Gasteiger partial charge in [0.1, 0.15) is 6.67 Å². The van der Waals surface area contributed by atoms with Crippen LogP contribution in [0.25, 0.3) is 0 Å². The number of benzene rings is 2. The van der Waals surface area contributed by atoms with Crippen LogP contribution in [0.1, 0.15) is 22.0 Å². The van der Waals surface area contributed by atoms with Gasteiger partial charge in [0.2, 0.25) is 10.0 Å². The third kappa shape index (κ3) is 5.09. The van der Waals surface area contributed by atoms with Crippen molar-refractivity contribution in [3.8, 4) is 0 Å². The Bertz CT molecular complexity index is 812. The van der Waals surface area contributed by atoms with Gasteiger partial charge < -0.3 is 10.4 Å². The lowest BCUT2D eigenvalue weighted by Gasteiger charge is -2.17. The molecular formula is C17H19FN2O4S. The molecule has 0 saturated carbocycles. The summed E-state index contributed by atoms with van der Waals surface area (Å²) in [5, 5.41) is 11.8. The molecule has 0 aliphatic carbocycles. The van der Waals surface area contributed by atoms with E-state index in [1.807, 2.05) is 0 Å². The molecule has 6 nitrogen and oxygen atoms in total. The first kappa shape index (κ1) is 19.0. The van der Waals surface area contributed by atoms with Crippen LogP contribution in [0.3, 0.4) is 0 Å². The molecule has 0 bridgehead atoms. The maximum Gasteiger partial charge on any atom is 0.251 e. The number of amides is 1. The van der Waals surface area contributed by atoms with Crippen molar-refractivity contribution in [1.82, 2.24) is 10.0 Å². The summed E-state index contributed by atoms with van der Waals surface area (Å²) in [6, 6.07) is 13.3. The molecule has 0 spiro atoms. The van der Waals surface area contributed by atoms with E-state index in [0.717, 1.165) is 0 Å². The molecule has 3 N–H and O–H groups in total. The summed E-state index contributed by atoms with van der Waals surface area (Å²) in [4.78, 5) is 11.7. The summed E-state index contributed by atoms with van der Waals surface area (Å²) in [6.45, 7) is -1.27. The van der Waals surface area contributed by atoms with Gasteiger partial charge in [-0.05, 0) is 23.8 Å². The van der Waals surface area contributed by atoms with E-state index in [2.05, 4.69) is 10.0 Å². The minimum Gasteiger partial charge on any atom is -0.394 e. The minimum atomic E-state index is -3.96. The highest BCUT2D eigenvalue weighted by Gasteiger charge is 2.21. The highest BCUT2D eigenvalue weighted by Crippen LogP contribution is 2.18. The molecule has 25 heavy (non-hydrogen) atoms. The van der Waals surface area contributed by atoms with Crippen LogP contribution in [0.4, 0.5) is 4.39 Å². The Morgan fingerprint density at radius 2 is 1.84 bits per heavy atom. The topological polar surface area (TPSA) is 95.5 Å². The Labute approximate surface area is 145 Å². The molecule has 0 aromatic heterocycles. The van der Waals surface area contributed by atoms with E-state index in [-0.39, 0.29) is 17.0 Å². The van der Waals surface area contributed by atoms with E-state index in [4.69, 9.17) is 0 Å². The smallest absolute Gasteiger partial charge is 0.251 e. The Balaban J connectivity index is 2.23. The lowest BCUT2D eigenvalue weighted by atomic mass is 10.1. The average Bonchev–Trinajstić information content (AvgIpc) is 2.65. The molecule has 0 aliphatic heterocycles. The van der Waals surface area contributed by atoms with Crippen molar-refractivity contribution < 1.29 is 22.7 Å². The number of hydrogen-bond acceptors (Lipinski definition) is 4. The lowest BCUT2D eigenvalue weighted by Crippen LogP contribution is -2.31. The van der Waals surface area contributed by atoms with Crippen LogP contribution in [0, 0.1) is 0 Å². The Kier molecular flexibility index (Phi) is 6.63. The predicted molar refractivity (Wildman–Crippen MR) is 91.3 cm³/mol. The van der Waals surface area contributed by atoms with Crippen LogP contribution in [-0.2, 0) is 10.0 Å². The standard InChI is InChI=1S/C17H19FN2O4S/c18-9-10-19-17(22)14-7-4-8-15(11-14)25(23,24)20-16(12-21)13-5-2-1-3-6-13/h1-8,11,16,20-21H,9-10,12H2,(H,19,22)/t16-/m1/s1. The molecule has 1 amide bonds. The largest absolute Gasteiger partial charge is 0.394 e. The van der Waals surface area contributed by atoms with Crippen molar-refractivity contribution in [3.05, 3.63) is 65.7 Å². The molecule has 0 heterocycles. The molecule has 134 valence electrons. The Morgan fingerprint density at radius 1 is 1.12 bits per heavy atom. The fourth-order valence-electron chi connectivity index (χ4n) is 2.22. The number of aliphatic hydroxyl groups is 1. The Morgan fingerprint density at radius 3 is 2.48 bits per heavy atom. The number of alkyl halides is 1. The van der Waals surface area contributed by atoms with Crippen LogP contribution in [0.15, 0.2) is 59.5 Å². The number of rotatable bonds is 8. The number of halogens is 1. The SMILES string of the molecule is O=C(NCCF)c1cccc(S(=O)(=O)N[C@H](CO)c2ccccc2)c1. The monoisotopic (exact) mass is 366 g/mol. The van der Waals surface area contributed by atoms with Crippen molar-refractivity contribution in [2.75, 3.05) is 19.8 Å². The zero-order valence-electron chi connectivity index (χ0n) is 13.4. The molecule has 0 aliphatic rings. The van der Waals surface area contributed by atoms with Crippen molar-refractivity contribution in [1.29, 1.82) is 0 Å². The third-order valence-corrected chi connectivity index (χ3v) is 4.94. The molecule has 2 rings (SSSR count). The van der Waals surface area contributed by atoms with Crippen molar-refractivity contribution in [2.24, 2.45) is 0 Å². The van der Waals surface area contributed by atoms with Crippen LogP contribution >= 0.6 is 0 Å². The van der Waals surface area contributed by atoms with Gasteiger partial charge in [0, 0.05) is 12.1 Å². The normalized spacial score (nSPS) is 12.6. The molecule has 0 saturated heterocycles. The van der Waals surface area contributed by atoms with E-state index >= 15 is 0 Å².